The van der Waals surface area contributed by atoms with Crippen molar-refractivity contribution < 1.29 is 14.3 Å². The van der Waals surface area contributed by atoms with Crippen LogP contribution in [0, 0.1) is 5.82 Å². The van der Waals surface area contributed by atoms with Crippen molar-refractivity contribution in [1.82, 2.24) is 10.3 Å². The summed E-state index contributed by atoms with van der Waals surface area (Å²) in [5, 5.41) is 11.7. The molecule has 0 saturated carbocycles. The van der Waals surface area contributed by atoms with Gasteiger partial charge in [0.15, 0.2) is 0 Å². The van der Waals surface area contributed by atoms with Gasteiger partial charge in [-0.3, -0.25) is 4.79 Å². The highest BCUT2D eigenvalue weighted by atomic mass is 19.1. The number of nitrogens with zero attached hydrogens (tertiary/aromatic N) is 1. The first kappa shape index (κ1) is 13.6. The van der Waals surface area contributed by atoms with Crippen molar-refractivity contribution in [3.8, 4) is 0 Å². The molecule has 0 saturated heterocycles. The fourth-order valence-corrected chi connectivity index (χ4v) is 1.42. The van der Waals surface area contributed by atoms with Gasteiger partial charge in [-0.1, -0.05) is 6.92 Å². The van der Waals surface area contributed by atoms with Crippen LogP contribution in [0.2, 0.25) is 0 Å². The second-order valence-corrected chi connectivity index (χ2v) is 4.20. The fourth-order valence-electron chi connectivity index (χ4n) is 1.42. The van der Waals surface area contributed by atoms with E-state index in [0.717, 1.165) is 6.20 Å². The number of aliphatic hydroxyl groups is 1. The average Bonchev–Trinajstić information content (AvgIpc) is 2.30. The van der Waals surface area contributed by atoms with E-state index in [1.54, 1.807) is 0 Å². The number of nitrogens with one attached hydrogen (secondary N) is 1. The summed E-state index contributed by atoms with van der Waals surface area (Å²) in [4.78, 5) is 15.5. The Kier molecular flexibility index (Phi) is 4.57. The zero-order valence-electron chi connectivity index (χ0n) is 10.0. The Bertz CT molecular complexity index is 381. The fraction of sp³-hybridized carbons (Fsp3) is 0.500. The van der Waals surface area contributed by atoms with Crippen molar-refractivity contribution in [2.24, 2.45) is 0 Å². The molecule has 17 heavy (non-hydrogen) atoms. The van der Waals surface area contributed by atoms with Gasteiger partial charge in [-0.2, -0.15) is 0 Å². The van der Waals surface area contributed by atoms with Gasteiger partial charge in [0, 0.05) is 12.1 Å². The molecule has 0 spiro atoms. The number of aromatic nitrogens is 1. The van der Waals surface area contributed by atoms with Crippen molar-refractivity contribution in [3.05, 3.63) is 29.8 Å². The van der Waals surface area contributed by atoms with E-state index < -0.39 is 11.4 Å². The van der Waals surface area contributed by atoms with Crippen molar-refractivity contribution in [2.75, 3.05) is 6.61 Å². The van der Waals surface area contributed by atoms with Gasteiger partial charge >= 0.3 is 0 Å². The van der Waals surface area contributed by atoms with E-state index in [2.05, 4.69) is 10.3 Å². The molecule has 2 N–H and O–H groups in total. The van der Waals surface area contributed by atoms with E-state index in [-0.39, 0.29) is 18.2 Å². The molecule has 94 valence electrons. The lowest BCUT2D eigenvalue weighted by atomic mass is 9.94. The van der Waals surface area contributed by atoms with Crippen LogP contribution < -0.4 is 5.32 Å². The second-order valence-electron chi connectivity index (χ2n) is 4.20. The first-order valence-corrected chi connectivity index (χ1v) is 5.55. The molecule has 1 aromatic heterocycles. The molecule has 5 heteroatoms. The van der Waals surface area contributed by atoms with E-state index in [1.807, 2.05) is 13.8 Å². The van der Waals surface area contributed by atoms with Gasteiger partial charge in [0.25, 0.3) is 5.91 Å². The molecule has 0 aromatic carbocycles. The summed E-state index contributed by atoms with van der Waals surface area (Å²) in [7, 11) is 0. The summed E-state index contributed by atoms with van der Waals surface area (Å²) in [5.41, 5.74) is -0.300. The van der Waals surface area contributed by atoms with E-state index in [0.29, 0.717) is 12.8 Å². The van der Waals surface area contributed by atoms with Crippen LogP contribution in [-0.4, -0.2) is 28.1 Å². The Morgan fingerprint density at radius 1 is 1.59 bits per heavy atom. The highest BCUT2D eigenvalue weighted by molar-refractivity contribution is 5.92. The molecule has 0 radical (unpaired) electrons. The van der Waals surface area contributed by atoms with Crippen LogP contribution in [0.3, 0.4) is 0 Å². The van der Waals surface area contributed by atoms with Gasteiger partial charge in [-0.15, -0.1) is 0 Å². The number of pyridine rings is 1. The van der Waals surface area contributed by atoms with Gasteiger partial charge in [0.2, 0.25) is 0 Å². The minimum atomic E-state index is -0.477. The third-order valence-corrected chi connectivity index (χ3v) is 2.82. The molecule has 1 atom stereocenters. The summed E-state index contributed by atoms with van der Waals surface area (Å²) in [6, 6.07) is 2.52. The first-order valence-electron chi connectivity index (χ1n) is 5.55. The lowest BCUT2D eigenvalue weighted by molar-refractivity contribution is 0.0881. The van der Waals surface area contributed by atoms with Crippen molar-refractivity contribution >= 4 is 5.91 Å². The molecule has 1 rings (SSSR count). The lowest BCUT2D eigenvalue weighted by Gasteiger charge is -2.28. The normalized spacial score (nSPS) is 14.1. The molecular weight excluding hydrogens is 223 g/mol. The molecule has 1 amide bonds. The van der Waals surface area contributed by atoms with Crippen LogP contribution in [0.1, 0.15) is 37.2 Å². The third kappa shape index (κ3) is 3.78. The minimum absolute atomic E-state index is 0.00145. The van der Waals surface area contributed by atoms with Crippen LogP contribution in [0.5, 0.6) is 0 Å². The predicted molar refractivity (Wildman–Crippen MR) is 62.1 cm³/mol. The number of amides is 1. The van der Waals surface area contributed by atoms with Gasteiger partial charge in [0.1, 0.15) is 11.5 Å². The summed E-state index contributed by atoms with van der Waals surface area (Å²) in [6.07, 6.45) is 2.17. The second kappa shape index (κ2) is 5.72. The van der Waals surface area contributed by atoms with Crippen molar-refractivity contribution in [2.45, 2.75) is 32.2 Å². The Hall–Kier alpha value is -1.49. The number of hydrogen-bond acceptors (Lipinski definition) is 3. The molecule has 4 nitrogen and oxygen atoms in total. The maximum absolute atomic E-state index is 12.6. The van der Waals surface area contributed by atoms with Crippen LogP contribution >= 0.6 is 0 Å². The summed E-state index contributed by atoms with van der Waals surface area (Å²) >= 11 is 0. The lowest BCUT2D eigenvalue weighted by Crippen LogP contribution is -2.46. The maximum Gasteiger partial charge on any atom is 0.270 e. The maximum atomic E-state index is 12.6. The number of carbonyl (C=O) groups is 1. The Labute approximate surface area is 99.9 Å². The highest BCUT2D eigenvalue weighted by Gasteiger charge is 2.24. The monoisotopic (exact) mass is 240 g/mol. The number of carbonyl (C=O) groups excluding carboxylic acids is 1. The number of halogens is 1. The average molecular weight is 240 g/mol. The van der Waals surface area contributed by atoms with E-state index in [1.165, 1.54) is 12.1 Å². The van der Waals surface area contributed by atoms with Crippen LogP contribution in [0.4, 0.5) is 4.39 Å². The number of aliphatic hydroxyl groups excluding tert-OH is 1. The van der Waals surface area contributed by atoms with Crippen LogP contribution in [0.15, 0.2) is 18.3 Å². The van der Waals surface area contributed by atoms with E-state index in [9.17, 15) is 9.18 Å². The first-order chi connectivity index (χ1) is 8.00. The Morgan fingerprint density at radius 2 is 2.29 bits per heavy atom. The number of hydrogen-bond donors (Lipinski definition) is 2. The quantitative estimate of drug-likeness (QED) is 0.820. The molecular formula is C12H17FN2O2. The van der Waals surface area contributed by atoms with E-state index in [4.69, 9.17) is 5.11 Å². The smallest absolute Gasteiger partial charge is 0.270 e. The minimum Gasteiger partial charge on any atom is -0.396 e. The highest BCUT2D eigenvalue weighted by Crippen LogP contribution is 2.14. The van der Waals surface area contributed by atoms with Crippen LogP contribution in [-0.2, 0) is 0 Å². The van der Waals surface area contributed by atoms with Gasteiger partial charge in [0.05, 0.1) is 6.20 Å². The molecule has 0 aliphatic heterocycles. The SMILES string of the molecule is CCC(C)(CCO)NC(=O)c1ccc(F)cn1. The molecule has 1 heterocycles. The molecule has 0 fully saturated rings. The standard InChI is InChI=1S/C12H17FN2O2/c1-3-12(2,6-7-16)15-11(17)10-5-4-9(13)8-14-10/h4-5,8,16H,3,6-7H2,1-2H3,(H,15,17). The summed E-state index contributed by atoms with van der Waals surface area (Å²) in [6.45, 7) is 3.78. The van der Waals surface area contributed by atoms with Crippen LogP contribution in [0.25, 0.3) is 0 Å². The molecule has 0 bridgehead atoms. The summed E-state index contributed by atoms with van der Waals surface area (Å²) < 4.78 is 12.6. The zero-order valence-corrected chi connectivity index (χ0v) is 10.0. The Balaban J connectivity index is 2.74. The van der Waals surface area contributed by atoms with Crippen molar-refractivity contribution in [3.63, 3.8) is 0 Å². The van der Waals surface area contributed by atoms with Gasteiger partial charge < -0.3 is 10.4 Å². The summed E-state index contributed by atoms with van der Waals surface area (Å²) in [5.74, 6) is -0.835. The zero-order chi connectivity index (χ0) is 12.9. The predicted octanol–water partition coefficient (Wildman–Crippen LogP) is 1.50. The van der Waals surface area contributed by atoms with Crippen molar-refractivity contribution in [1.29, 1.82) is 0 Å². The Morgan fingerprint density at radius 3 is 2.76 bits per heavy atom. The topological polar surface area (TPSA) is 62.2 Å². The molecule has 0 aliphatic carbocycles. The van der Waals surface area contributed by atoms with E-state index >= 15 is 0 Å². The molecule has 1 aromatic rings. The molecule has 1 unspecified atom stereocenters. The van der Waals surface area contributed by atoms with Gasteiger partial charge in [-0.25, -0.2) is 9.37 Å². The number of rotatable bonds is 5. The molecule has 0 aliphatic rings. The third-order valence-electron chi connectivity index (χ3n) is 2.82. The van der Waals surface area contributed by atoms with Gasteiger partial charge in [-0.05, 0) is 31.9 Å². The largest absolute Gasteiger partial charge is 0.396 e.